The summed E-state index contributed by atoms with van der Waals surface area (Å²) in [7, 11) is -3.43. The van der Waals surface area contributed by atoms with Gasteiger partial charge in [-0.15, -0.1) is 0 Å². The van der Waals surface area contributed by atoms with Gasteiger partial charge in [-0.25, -0.2) is 13.4 Å². The van der Waals surface area contributed by atoms with Crippen LogP contribution in [0.25, 0.3) is 0 Å². The standard InChI is InChI=1S/C10H12N2O2S/c1-4-9-7(2)5-8(6-11)10(12-9)15(3,13)14/h5H,4H2,1-3H3. The van der Waals surface area contributed by atoms with Gasteiger partial charge >= 0.3 is 0 Å². The fourth-order valence-electron chi connectivity index (χ4n) is 1.35. The second kappa shape index (κ2) is 3.99. The predicted molar refractivity (Wildman–Crippen MR) is 56.2 cm³/mol. The molecule has 15 heavy (non-hydrogen) atoms. The molecule has 0 fully saturated rings. The normalized spacial score (nSPS) is 11.1. The van der Waals surface area contributed by atoms with E-state index in [4.69, 9.17) is 5.26 Å². The highest BCUT2D eigenvalue weighted by atomic mass is 32.2. The molecule has 1 aromatic rings. The van der Waals surface area contributed by atoms with Gasteiger partial charge < -0.3 is 0 Å². The Morgan fingerprint density at radius 1 is 1.53 bits per heavy atom. The van der Waals surface area contributed by atoms with Crippen molar-refractivity contribution in [3.8, 4) is 6.07 Å². The van der Waals surface area contributed by atoms with E-state index >= 15 is 0 Å². The van der Waals surface area contributed by atoms with E-state index < -0.39 is 9.84 Å². The summed E-state index contributed by atoms with van der Waals surface area (Å²) in [4.78, 5) is 4.02. The van der Waals surface area contributed by atoms with E-state index in [9.17, 15) is 8.42 Å². The maximum Gasteiger partial charge on any atom is 0.194 e. The number of pyridine rings is 1. The summed E-state index contributed by atoms with van der Waals surface area (Å²) in [5.74, 6) is 0. The largest absolute Gasteiger partial charge is 0.240 e. The number of aromatic nitrogens is 1. The summed E-state index contributed by atoms with van der Waals surface area (Å²) in [6.45, 7) is 3.71. The highest BCUT2D eigenvalue weighted by molar-refractivity contribution is 7.90. The molecule has 0 radical (unpaired) electrons. The van der Waals surface area contributed by atoms with Gasteiger partial charge in [0.2, 0.25) is 0 Å². The Balaban J connectivity index is 3.59. The van der Waals surface area contributed by atoms with Crippen molar-refractivity contribution in [2.75, 3.05) is 6.26 Å². The third kappa shape index (κ3) is 2.34. The van der Waals surface area contributed by atoms with Crippen LogP contribution in [-0.2, 0) is 16.3 Å². The Morgan fingerprint density at radius 3 is 2.53 bits per heavy atom. The molecule has 5 heteroatoms. The molecular formula is C10H12N2O2S. The SMILES string of the molecule is CCc1nc(S(C)(=O)=O)c(C#N)cc1C. The Labute approximate surface area is 89.5 Å². The van der Waals surface area contributed by atoms with Crippen LogP contribution >= 0.6 is 0 Å². The number of hydrogen-bond acceptors (Lipinski definition) is 4. The Kier molecular flexibility index (Phi) is 3.10. The van der Waals surface area contributed by atoms with E-state index in [1.807, 2.05) is 19.9 Å². The van der Waals surface area contributed by atoms with Gasteiger partial charge in [0.05, 0.1) is 5.56 Å². The van der Waals surface area contributed by atoms with Crippen molar-refractivity contribution in [1.82, 2.24) is 4.98 Å². The van der Waals surface area contributed by atoms with Gasteiger partial charge in [-0.05, 0) is 25.0 Å². The van der Waals surface area contributed by atoms with E-state index in [1.54, 1.807) is 6.07 Å². The van der Waals surface area contributed by atoms with Crippen molar-refractivity contribution >= 4 is 9.84 Å². The molecule has 1 heterocycles. The van der Waals surface area contributed by atoms with E-state index in [-0.39, 0.29) is 10.6 Å². The highest BCUT2D eigenvalue weighted by Gasteiger charge is 2.17. The second-order valence-corrected chi connectivity index (χ2v) is 5.27. The van der Waals surface area contributed by atoms with E-state index in [0.717, 1.165) is 17.5 Å². The minimum Gasteiger partial charge on any atom is -0.240 e. The number of rotatable bonds is 2. The fourth-order valence-corrected chi connectivity index (χ4v) is 2.13. The Morgan fingerprint density at radius 2 is 2.13 bits per heavy atom. The van der Waals surface area contributed by atoms with E-state index in [2.05, 4.69) is 4.98 Å². The molecular weight excluding hydrogens is 212 g/mol. The maximum absolute atomic E-state index is 11.4. The predicted octanol–water partition coefficient (Wildman–Crippen LogP) is 1.23. The first kappa shape index (κ1) is 11.7. The molecule has 0 aliphatic rings. The first-order valence-electron chi connectivity index (χ1n) is 4.50. The molecule has 0 spiro atoms. The van der Waals surface area contributed by atoms with Crippen LogP contribution in [0.1, 0.15) is 23.7 Å². The molecule has 0 unspecified atom stereocenters. The van der Waals surface area contributed by atoms with Crippen LogP contribution in [0.15, 0.2) is 11.1 Å². The molecule has 80 valence electrons. The summed E-state index contributed by atoms with van der Waals surface area (Å²) in [6, 6.07) is 3.42. The molecule has 0 bridgehead atoms. The molecule has 0 N–H and O–H groups in total. The molecule has 4 nitrogen and oxygen atoms in total. The van der Waals surface area contributed by atoms with Crippen molar-refractivity contribution < 1.29 is 8.42 Å². The van der Waals surface area contributed by atoms with Gasteiger partial charge in [0.25, 0.3) is 0 Å². The lowest BCUT2D eigenvalue weighted by Crippen LogP contribution is -2.07. The first-order chi connectivity index (χ1) is 6.90. The third-order valence-corrected chi connectivity index (χ3v) is 3.10. The number of aryl methyl sites for hydroxylation is 2. The number of nitrogens with zero attached hydrogens (tertiary/aromatic N) is 2. The minimum atomic E-state index is -3.43. The third-order valence-electron chi connectivity index (χ3n) is 2.09. The minimum absolute atomic E-state index is 0.118. The molecule has 0 saturated heterocycles. The van der Waals surface area contributed by atoms with Gasteiger partial charge in [-0.3, -0.25) is 0 Å². The average Bonchev–Trinajstić information content (AvgIpc) is 2.15. The zero-order valence-electron chi connectivity index (χ0n) is 8.90. The topological polar surface area (TPSA) is 70.8 Å². The summed E-state index contributed by atoms with van der Waals surface area (Å²) in [5, 5.41) is 8.70. The lowest BCUT2D eigenvalue weighted by atomic mass is 10.1. The highest BCUT2D eigenvalue weighted by Crippen LogP contribution is 2.16. The number of hydrogen-bond donors (Lipinski definition) is 0. The fraction of sp³-hybridized carbons (Fsp3) is 0.400. The number of sulfone groups is 1. The van der Waals surface area contributed by atoms with Crippen LogP contribution in [0.2, 0.25) is 0 Å². The lowest BCUT2D eigenvalue weighted by Gasteiger charge is -2.06. The molecule has 0 amide bonds. The molecule has 0 saturated carbocycles. The van der Waals surface area contributed by atoms with Crippen LogP contribution < -0.4 is 0 Å². The Bertz CT molecular complexity index is 527. The van der Waals surface area contributed by atoms with Crippen molar-refractivity contribution in [3.05, 3.63) is 22.9 Å². The quantitative estimate of drug-likeness (QED) is 0.757. The van der Waals surface area contributed by atoms with Crippen LogP contribution in [0.5, 0.6) is 0 Å². The average molecular weight is 224 g/mol. The molecule has 0 aromatic carbocycles. The zero-order valence-corrected chi connectivity index (χ0v) is 9.72. The van der Waals surface area contributed by atoms with Crippen molar-refractivity contribution in [2.45, 2.75) is 25.3 Å². The van der Waals surface area contributed by atoms with Crippen LogP contribution in [0.4, 0.5) is 0 Å². The monoisotopic (exact) mass is 224 g/mol. The molecule has 1 rings (SSSR count). The van der Waals surface area contributed by atoms with Gasteiger partial charge in [0.1, 0.15) is 6.07 Å². The second-order valence-electron chi connectivity index (χ2n) is 3.34. The summed E-state index contributed by atoms with van der Waals surface area (Å²) in [5.41, 5.74) is 1.68. The van der Waals surface area contributed by atoms with Gasteiger partial charge in [0, 0.05) is 11.9 Å². The van der Waals surface area contributed by atoms with Gasteiger partial charge in [-0.1, -0.05) is 6.92 Å². The molecule has 1 aromatic heterocycles. The van der Waals surface area contributed by atoms with Crippen molar-refractivity contribution in [3.63, 3.8) is 0 Å². The first-order valence-corrected chi connectivity index (χ1v) is 6.40. The molecule has 0 aliphatic carbocycles. The summed E-state index contributed by atoms with van der Waals surface area (Å²) in [6.07, 6.45) is 1.71. The Hall–Kier alpha value is -1.41. The van der Waals surface area contributed by atoms with Gasteiger partial charge in [0.15, 0.2) is 14.9 Å². The van der Waals surface area contributed by atoms with Crippen molar-refractivity contribution in [2.24, 2.45) is 0 Å². The van der Waals surface area contributed by atoms with E-state index in [0.29, 0.717) is 6.42 Å². The number of nitriles is 1. The van der Waals surface area contributed by atoms with Crippen LogP contribution in [-0.4, -0.2) is 19.7 Å². The van der Waals surface area contributed by atoms with E-state index in [1.165, 1.54) is 0 Å². The lowest BCUT2D eigenvalue weighted by molar-refractivity contribution is 0.597. The van der Waals surface area contributed by atoms with Gasteiger partial charge in [-0.2, -0.15) is 5.26 Å². The smallest absolute Gasteiger partial charge is 0.194 e. The maximum atomic E-state index is 11.4. The summed E-state index contributed by atoms with van der Waals surface area (Å²) >= 11 is 0. The van der Waals surface area contributed by atoms with Crippen LogP contribution in [0, 0.1) is 18.3 Å². The summed E-state index contributed by atoms with van der Waals surface area (Å²) < 4.78 is 22.8. The zero-order chi connectivity index (χ0) is 11.6. The molecule has 0 aliphatic heterocycles. The van der Waals surface area contributed by atoms with Crippen LogP contribution in [0.3, 0.4) is 0 Å². The van der Waals surface area contributed by atoms with Crippen molar-refractivity contribution in [1.29, 1.82) is 5.26 Å². The molecule has 0 atom stereocenters.